The first-order valence-corrected chi connectivity index (χ1v) is 11.6. The van der Waals surface area contributed by atoms with Gasteiger partial charge >= 0.3 is 0 Å². The highest BCUT2D eigenvalue weighted by Gasteiger charge is 2.28. The van der Waals surface area contributed by atoms with Crippen molar-refractivity contribution in [3.63, 3.8) is 0 Å². The Morgan fingerprint density at radius 1 is 0.879 bits per heavy atom. The Kier molecular flexibility index (Phi) is 5.94. The van der Waals surface area contributed by atoms with Crippen molar-refractivity contribution in [2.75, 3.05) is 7.11 Å². The highest BCUT2D eigenvalue weighted by Crippen LogP contribution is 2.28. The molecule has 0 fully saturated rings. The van der Waals surface area contributed by atoms with E-state index in [2.05, 4.69) is 49.3 Å². The van der Waals surface area contributed by atoms with Crippen molar-refractivity contribution >= 4 is 44.8 Å². The lowest BCUT2D eigenvalue weighted by Crippen LogP contribution is -2.22. The van der Waals surface area contributed by atoms with E-state index < -0.39 is 0 Å². The lowest BCUT2D eigenvalue weighted by Gasteiger charge is -2.12. The van der Waals surface area contributed by atoms with Crippen molar-refractivity contribution in [1.29, 1.82) is 0 Å². The van der Waals surface area contributed by atoms with Crippen LogP contribution in [0.2, 0.25) is 0 Å². The van der Waals surface area contributed by atoms with Gasteiger partial charge in [-0.1, -0.05) is 40.2 Å². The molecule has 5 rings (SSSR count). The van der Waals surface area contributed by atoms with E-state index in [4.69, 9.17) is 22.4 Å². The van der Waals surface area contributed by atoms with Gasteiger partial charge in [-0.3, -0.25) is 4.99 Å². The largest absolute Gasteiger partial charge is 0.756 e. The molecule has 0 spiro atoms. The summed E-state index contributed by atoms with van der Waals surface area (Å²) < 4.78 is 10.7. The van der Waals surface area contributed by atoms with Crippen molar-refractivity contribution in [3.8, 4) is 22.8 Å². The van der Waals surface area contributed by atoms with Gasteiger partial charge in [-0.15, -0.1) is 0 Å². The molecule has 0 saturated heterocycles. The van der Waals surface area contributed by atoms with E-state index in [0.717, 1.165) is 44.2 Å². The van der Waals surface area contributed by atoms with Crippen LogP contribution >= 0.6 is 15.9 Å². The van der Waals surface area contributed by atoms with E-state index in [9.17, 15) is 0 Å². The third-order valence-electron chi connectivity index (χ3n) is 5.39. The molecule has 0 aliphatic heterocycles. The number of halogens is 1. The average Bonchev–Trinajstić information content (AvgIpc) is 3.21. The van der Waals surface area contributed by atoms with Crippen LogP contribution in [0.5, 0.6) is 5.75 Å². The van der Waals surface area contributed by atoms with Gasteiger partial charge in [0.05, 0.1) is 24.6 Å². The van der Waals surface area contributed by atoms with Crippen LogP contribution in [0.25, 0.3) is 22.6 Å². The van der Waals surface area contributed by atoms with Crippen LogP contribution in [0.4, 0.5) is 5.69 Å². The highest BCUT2D eigenvalue weighted by molar-refractivity contribution is 9.10. The number of pyridine rings is 1. The van der Waals surface area contributed by atoms with E-state index in [-0.39, 0.29) is 0 Å². The molecule has 0 atom stereocenters. The third-order valence-corrected chi connectivity index (χ3v) is 6.20. The Balaban J connectivity index is 1.83. The smallest absolute Gasteiger partial charge is 0.299 e. The Morgan fingerprint density at radius 2 is 1.58 bits per heavy atom. The number of rotatable bonds is 5. The molecule has 162 valence electrons. The lowest BCUT2D eigenvalue weighted by atomic mass is 10.2. The van der Waals surface area contributed by atoms with Crippen LogP contribution in [-0.4, -0.2) is 16.7 Å². The number of aliphatic imine (C=N–C) groups is 1. The Morgan fingerprint density at radius 3 is 2.27 bits per heavy atom. The normalized spacial score (nSPS) is 11.6. The van der Waals surface area contributed by atoms with Gasteiger partial charge in [-0.05, 0) is 77.8 Å². The fourth-order valence-corrected chi connectivity index (χ4v) is 4.44. The van der Waals surface area contributed by atoms with E-state index in [1.54, 1.807) is 7.11 Å². The molecule has 2 heterocycles. The van der Waals surface area contributed by atoms with E-state index >= 15 is 0 Å². The van der Waals surface area contributed by atoms with Crippen LogP contribution in [0.1, 0.15) is 5.69 Å². The molecule has 33 heavy (non-hydrogen) atoms. The molecule has 0 unspecified atom stereocenters. The first-order chi connectivity index (χ1) is 16.2. The number of aromatic nitrogens is 2. The van der Waals surface area contributed by atoms with Crippen molar-refractivity contribution in [2.24, 2.45) is 4.99 Å². The summed E-state index contributed by atoms with van der Waals surface area (Å²) in [5, 5.41) is 0.513. The molecule has 0 aliphatic rings. The predicted molar refractivity (Wildman–Crippen MR) is 139 cm³/mol. The molecule has 4 nitrogen and oxygen atoms in total. The minimum atomic E-state index is 0.513. The van der Waals surface area contributed by atoms with Crippen molar-refractivity contribution in [3.05, 3.63) is 113 Å². The van der Waals surface area contributed by atoms with Crippen molar-refractivity contribution < 1.29 is 9.14 Å². The number of benzene rings is 3. The average molecular weight is 514 g/mol. The van der Waals surface area contributed by atoms with E-state index in [1.165, 1.54) is 0 Å². The molecule has 0 N–H and O–H groups in total. The molecule has 2 aromatic heterocycles. The topological polar surface area (TPSA) is 30.6 Å². The summed E-state index contributed by atoms with van der Waals surface area (Å²) in [6.45, 7) is 0. The van der Waals surface area contributed by atoms with Gasteiger partial charge in [0.1, 0.15) is 11.4 Å². The van der Waals surface area contributed by atoms with Gasteiger partial charge in [-0.25, -0.2) is 0 Å². The third kappa shape index (κ3) is 4.15. The molecule has 0 radical (unpaired) electrons. The van der Waals surface area contributed by atoms with Gasteiger partial charge in [0.15, 0.2) is 11.2 Å². The zero-order valence-electron chi connectivity index (χ0n) is 17.9. The summed E-state index contributed by atoms with van der Waals surface area (Å²) >= 11 is 9.41. The van der Waals surface area contributed by atoms with Crippen LogP contribution in [0.15, 0.2) is 113 Å². The molecule has 0 amide bonds. The first kappa shape index (κ1) is 21.4. The van der Waals surface area contributed by atoms with Crippen LogP contribution in [0.3, 0.4) is 0 Å². The summed E-state index contributed by atoms with van der Waals surface area (Å²) in [4.78, 5) is 4.80. The number of imidazole rings is 1. The molecule has 0 bridgehead atoms. The Labute approximate surface area is 206 Å². The Bertz CT molecular complexity index is 1440. The summed E-state index contributed by atoms with van der Waals surface area (Å²) in [5.41, 5.74) is 4.70. The minimum Gasteiger partial charge on any atom is -0.756 e. The molecular formula is C27H20BrN3OS. The fourth-order valence-electron chi connectivity index (χ4n) is 3.88. The standard InChI is InChI=1S/C27H20BrN3OS/c1-32-23-16-14-22(15-17-23)31-25(26(33)29-21-12-10-20(28)11-13-21)24-9-5-6-18-30(24)27(31)19-7-3-2-4-8-19/h2-18H,1H3. The monoisotopic (exact) mass is 513 g/mol. The lowest BCUT2D eigenvalue weighted by molar-refractivity contribution is -0.499. The minimum absolute atomic E-state index is 0.513. The second-order valence-corrected chi connectivity index (χ2v) is 8.72. The number of hydrogen-bond donors (Lipinski definition) is 0. The van der Waals surface area contributed by atoms with Gasteiger partial charge in [0.25, 0.3) is 5.82 Å². The van der Waals surface area contributed by atoms with Gasteiger partial charge in [0, 0.05) is 4.47 Å². The SMILES string of the molecule is COc1ccc(-n2c(C([S-])=Nc3ccc(Br)cc3)c3cccc[n+]3c2-c2ccccc2)cc1. The van der Waals surface area contributed by atoms with Crippen molar-refractivity contribution in [2.45, 2.75) is 0 Å². The maximum atomic E-state index is 5.92. The Hall–Kier alpha value is -3.48. The molecule has 6 heteroatoms. The maximum Gasteiger partial charge on any atom is 0.299 e. The molecular weight excluding hydrogens is 494 g/mol. The second-order valence-electron chi connectivity index (χ2n) is 7.42. The molecule has 3 aromatic carbocycles. The van der Waals surface area contributed by atoms with E-state index in [0.29, 0.717) is 5.04 Å². The highest BCUT2D eigenvalue weighted by atomic mass is 79.9. The number of ether oxygens (including phenoxy) is 1. The number of fused-ring (bicyclic) bond motifs is 1. The zero-order chi connectivity index (χ0) is 22.8. The molecule has 0 aliphatic carbocycles. The molecule has 5 aromatic rings. The number of nitrogens with zero attached hydrogens (tertiary/aromatic N) is 3. The molecule has 0 saturated carbocycles. The summed E-state index contributed by atoms with van der Waals surface area (Å²) in [7, 11) is 1.67. The first-order valence-electron chi connectivity index (χ1n) is 10.4. The van der Waals surface area contributed by atoms with Crippen LogP contribution in [0, 0.1) is 0 Å². The predicted octanol–water partition coefficient (Wildman–Crippen LogP) is 6.28. The second kappa shape index (κ2) is 9.17. The van der Waals surface area contributed by atoms with Gasteiger partial charge < -0.3 is 17.4 Å². The van der Waals surface area contributed by atoms with Crippen LogP contribution in [-0.2, 0) is 12.6 Å². The number of hydrogen-bond acceptors (Lipinski definition) is 3. The number of methoxy groups -OCH3 is 1. The van der Waals surface area contributed by atoms with Crippen LogP contribution < -0.4 is 9.14 Å². The van der Waals surface area contributed by atoms with Crippen molar-refractivity contribution in [1.82, 2.24) is 4.57 Å². The van der Waals surface area contributed by atoms with E-state index in [1.807, 2.05) is 78.9 Å². The summed E-state index contributed by atoms with van der Waals surface area (Å²) in [6.07, 6.45) is 2.06. The fraction of sp³-hybridized carbons (Fsp3) is 0.0370. The zero-order valence-corrected chi connectivity index (χ0v) is 20.3. The van der Waals surface area contributed by atoms with Gasteiger partial charge in [0.2, 0.25) is 0 Å². The summed E-state index contributed by atoms with van der Waals surface area (Å²) in [5.74, 6) is 1.80. The summed E-state index contributed by atoms with van der Waals surface area (Å²) in [6, 6.07) is 32.2. The quantitative estimate of drug-likeness (QED) is 0.120. The maximum absolute atomic E-state index is 5.92. The van der Waals surface area contributed by atoms with Gasteiger partial charge in [-0.2, -0.15) is 8.97 Å².